The summed E-state index contributed by atoms with van der Waals surface area (Å²) in [4.78, 5) is 23.8. The molecule has 148 valence electrons. The van der Waals surface area contributed by atoms with Crippen molar-refractivity contribution in [2.24, 2.45) is 11.5 Å². The van der Waals surface area contributed by atoms with E-state index in [2.05, 4.69) is 20.3 Å². The number of carbonyl (C=O) groups excluding carboxylic acids is 1. The standard InChI is InChI=1S/C18H22N6O3S/c19-11-5-6-28(26,27)9-14(11)23-15-8-21-17(18(20)25)16(24-15)13-7-10-3-1-2-4-12(10)22-13/h1-4,7-8,11,14,22,26-27H,5-6,9,19H2,(H2,20,25)(H,23,24)/t11-,14+/m1/s1. The number of carbonyl (C=O) groups is 1. The molecule has 10 heteroatoms. The minimum Gasteiger partial charge on any atom is -0.364 e. The molecule has 1 saturated heterocycles. The van der Waals surface area contributed by atoms with Crippen LogP contribution in [0.15, 0.2) is 36.5 Å². The fourth-order valence-electron chi connectivity index (χ4n) is 3.39. The van der Waals surface area contributed by atoms with Crippen molar-refractivity contribution in [3.8, 4) is 11.4 Å². The van der Waals surface area contributed by atoms with Crippen LogP contribution in [0, 0.1) is 0 Å². The molecular weight excluding hydrogens is 380 g/mol. The number of primary amides is 1. The number of amides is 1. The fraction of sp³-hybridized carbons (Fsp3) is 0.278. The monoisotopic (exact) mass is 402 g/mol. The topological polar surface area (TPSA) is 163 Å². The van der Waals surface area contributed by atoms with E-state index in [0.717, 1.165) is 10.9 Å². The second-order valence-corrected chi connectivity index (χ2v) is 9.31. The molecule has 0 aliphatic carbocycles. The highest BCUT2D eigenvalue weighted by atomic mass is 32.3. The summed E-state index contributed by atoms with van der Waals surface area (Å²) in [6.45, 7) is 0. The van der Waals surface area contributed by atoms with Crippen LogP contribution >= 0.6 is 10.6 Å². The van der Waals surface area contributed by atoms with E-state index in [1.807, 2.05) is 30.3 Å². The van der Waals surface area contributed by atoms with Crippen molar-refractivity contribution in [3.63, 3.8) is 0 Å². The lowest BCUT2D eigenvalue weighted by Gasteiger charge is -2.43. The van der Waals surface area contributed by atoms with Gasteiger partial charge in [0.25, 0.3) is 5.91 Å². The Hall–Kier alpha value is -2.66. The number of benzene rings is 1. The molecule has 4 rings (SSSR count). The van der Waals surface area contributed by atoms with Crippen LogP contribution in [-0.2, 0) is 0 Å². The first-order valence-corrected chi connectivity index (χ1v) is 10.7. The largest absolute Gasteiger partial charge is 0.364 e. The van der Waals surface area contributed by atoms with E-state index in [1.165, 1.54) is 6.20 Å². The molecule has 2 aromatic heterocycles. The van der Waals surface area contributed by atoms with Crippen molar-refractivity contribution in [1.29, 1.82) is 0 Å². The maximum Gasteiger partial charge on any atom is 0.269 e. The quantitative estimate of drug-likeness (QED) is 0.388. The lowest BCUT2D eigenvalue weighted by atomic mass is 10.1. The summed E-state index contributed by atoms with van der Waals surface area (Å²) < 4.78 is 20.0. The fourth-order valence-corrected chi connectivity index (χ4v) is 5.11. The number of fused-ring (bicyclic) bond motifs is 1. The van der Waals surface area contributed by atoms with Crippen LogP contribution in [0.5, 0.6) is 0 Å². The van der Waals surface area contributed by atoms with Crippen molar-refractivity contribution >= 4 is 33.2 Å². The van der Waals surface area contributed by atoms with Crippen LogP contribution in [0.25, 0.3) is 22.3 Å². The molecular formula is C18H22N6O3S. The number of hydrogen-bond donors (Lipinski definition) is 6. The van der Waals surface area contributed by atoms with Crippen molar-refractivity contribution in [2.75, 3.05) is 16.8 Å². The number of nitrogens with zero attached hydrogens (tertiary/aromatic N) is 2. The van der Waals surface area contributed by atoms with E-state index >= 15 is 0 Å². The summed E-state index contributed by atoms with van der Waals surface area (Å²) in [6.07, 6.45) is 1.90. The summed E-state index contributed by atoms with van der Waals surface area (Å²) in [7, 11) is -2.66. The Morgan fingerprint density at radius 3 is 2.86 bits per heavy atom. The van der Waals surface area contributed by atoms with Crippen LogP contribution in [0.1, 0.15) is 16.9 Å². The molecule has 3 heterocycles. The predicted molar refractivity (Wildman–Crippen MR) is 110 cm³/mol. The molecule has 28 heavy (non-hydrogen) atoms. The summed E-state index contributed by atoms with van der Waals surface area (Å²) in [5.41, 5.74) is 13.5. The first-order valence-electron chi connectivity index (χ1n) is 8.83. The number of H-pyrrole nitrogens is 1. The van der Waals surface area contributed by atoms with E-state index in [0.29, 0.717) is 29.4 Å². The molecule has 3 aromatic rings. The van der Waals surface area contributed by atoms with Gasteiger partial charge in [-0.2, -0.15) is 10.6 Å². The zero-order valence-electron chi connectivity index (χ0n) is 15.0. The summed E-state index contributed by atoms with van der Waals surface area (Å²) in [5.74, 6) is 0.154. The van der Waals surface area contributed by atoms with E-state index < -0.39 is 16.5 Å². The van der Waals surface area contributed by atoms with Gasteiger partial charge in [-0.15, -0.1) is 0 Å². The SMILES string of the molecule is NC(=O)c1ncc(N[C@H]2CS(O)(O)CC[C@H]2N)nc1-c1cc2ccccc2[nH]1. The van der Waals surface area contributed by atoms with Gasteiger partial charge in [-0.05, 0) is 18.6 Å². The Kier molecular flexibility index (Phi) is 4.71. The molecule has 0 spiro atoms. The van der Waals surface area contributed by atoms with Gasteiger partial charge in [-0.3, -0.25) is 13.9 Å². The highest BCUT2D eigenvalue weighted by molar-refractivity contribution is 8.24. The van der Waals surface area contributed by atoms with Gasteiger partial charge in [0.15, 0.2) is 5.69 Å². The van der Waals surface area contributed by atoms with Crippen LogP contribution < -0.4 is 16.8 Å². The normalized spacial score (nSPS) is 22.7. The van der Waals surface area contributed by atoms with E-state index in [1.54, 1.807) is 0 Å². The van der Waals surface area contributed by atoms with Gasteiger partial charge in [-0.25, -0.2) is 9.97 Å². The lowest BCUT2D eigenvalue weighted by Crippen LogP contribution is -2.48. The third kappa shape index (κ3) is 3.67. The van der Waals surface area contributed by atoms with E-state index in [4.69, 9.17) is 11.5 Å². The molecule has 0 bridgehead atoms. The summed E-state index contributed by atoms with van der Waals surface area (Å²) in [6, 6.07) is 8.96. The minimum atomic E-state index is -2.66. The Bertz CT molecular complexity index is 1000. The molecule has 1 fully saturated rings. The van der Waals surface area contributed by atoms with E-state index in [-0.39, 0.29) is 23.5 Å². The molecule has 1 aliphatic rings. The Labute approximate surface area is 162 Å². The van der Waals surface area contributed by atoms with Crippen molar-refractivity contribution < 1.29 is 13.9 Å². The van der Waals surface area contributed by atoms with Crippen LogP contribution in [0.2, 0.25) is 0 Å². The number of anilines is 1. The van der Waals surface area contributed by atoms with Crippen LogP contribution in [0.3, 0.4) is 0 Å². The number of nitrogens with two attached hydrogens (primary N) is 2. The predicted octanol–water partition coefficient (Wildman–Crippen LogP) is 1.99. The molecule has 1 amide bonds. The average molecular weight is 402 g/mol. The molecule has 0 unspecified atom stereocenters. The molecule has 0 saturated carbocycles. The van der Waals surface area contributed by atoms with Gasteiger partial charge < -0.3 is 21.8 Å². The van der Waals surface area contributed by atoms with E-state index in [9.17, 15) is 13.9 Å². The summed E-state index contributed by atoms with van der Waals surface area (Å²) >= 11 is 0. The zero-order chi connectivity index (χ0) is 19.9. The Morgan fingerprint density at radius 1 is 1.32 bits per heavy atom. The maximum atomic E-state index is 11.9. The van der Waals surface area contributed by atoms with Gasteiger partial charge in [0.2, 0.25) is 0 Å². The third-order valence-corrected chi connectivity index (χ3v) is 6.65. The van der Waals surface area contributed by atoms with Gasteiger partial charge in [0.1, 0.15) is 11.5 Å². The zero-order valence-corrected chi connectivity index (χ0v) is 15.8. The number of hydrogen-bond acceptors (Lipinski definition) is 7. The number of aromatic nitrogens is 3. The van der Waals surface area contributed by atoms with Crippen molar-refractivity contribution in [3.05, 3.63) is 42.2 Å². The smallest absolute Gasteiger partial charge is 0.269 e. The summed E-state index contributed by atoms with van der Waals surface area (Å²) in [5, 5.41) is 4.10. The minimum absolute atomic E-state index is 0.0503. The first-order chi connectivity index (χ1) is 13.3. The second kappa shape index (κ2) is 7.06. The lowest BCUT2D eigenvalue weighted by molar-refractivity contribution is 0.0996. The Balaban J connectivity index is 1.70. The maximum absolute atomic E-state index is 11.9. The molecule has 1 aromatic carbocycles. The highest BCUT2D eigenvalue weighted by Gasteiger charge is 2.31. The van der Waals surface area contributed by atoms with Crippen LogP contribution in [0.4, 0.5) is 5.82 Å². The number of para-hydroxylation sites is 1. The van der Waals surface area contributed by atoms with Gasteiger partial charge in [-0.1, -0.05) is 18.2 Å². The number of aromatic amines is 1. The van der Waals surface area contributed by atoms with Crippen molar-refractivity contribution in [1.82, 2.24) is 15.0 Å². The number of rotatable bonds is 4. The average Bonchev–Trinajstić information content (AvgIpc) is 3.08. The van der Waals surface area contributed by atoms with Crippen molar-refractivity contribution in [2.45, 2.75) is 18.5 Å². The first kappa shape index (κ1) is 18.7. The van der Waals surface area contributed by atoms with Gasteiger partial charge in [0.05, 0.1) is 23.7 Å². The van der Waals surface area contributed by atoms with Gasteiger partial charge in [0, 0.05) is 22.7 Å². The van der Waals surface area contributed by atoms with Crippen LogP contribution in [-0.4, -0.2) is 53.6 Å². The molecule has 0 radical (unpaired) electrons. The van der Waals surface area contributed by atoms with Gasteiger partial charge >= 0.3 is 0 Å². The second-order valence-electron chi connectivity index (χ2n) is 6.96. The Morgan fingerprint density at radius 2 is 2.11 bits per heavy atom. The number of nitrogens with one attached hydrogen (secondary N) is 2. The molecule has 8 N–H and O–H groups in total. The third-order valence-electron chi connectivity index (χ3n) is 4.87. The highest BCUT2D eigenvalue weighted by Crippen LogP contribution is 2.44. The molecule has 9 nitrogen and oxygen atoms in total. The molecule has 2 atom stereocenters. The molecule has 1 aliphatic heterocycles.